The molecule has 0 bridgehead atoms. The zero-order chi connectivity index (χ0) is 19.8. The fourth-order valence-electron chi connectivity index (χ4n) is 3.41. The summed E-state index contributed by atoms with van der Waals surface area (Å²) in [7, 11) is 0. The SMILES string of the molecule is CC(Sc1nnc(N2CCOCC2)n1C1CC1)C(=O)Nc1ccc2c(c1)OCO2. The number of ether oxygens (including phenoxy) is 3. The van der Waals surface area contributed by atoms with Crippen LogP contribution in [0.5, 0.6) is 11.5 Å². The van der Waals surface area contributed by atoms with Crippen molar-refractivity contribution >= 4 is 29.3 Å². The second-order valence-electron chi connectivity index (χ2n) is 7.30. The summed E-state index contributed by atoms with van der Waals surface area (Å²) >= 11 is 1.44. The van der Waals surface area contributed by atoms with E-state index in [1.807, 2.05) is 13.0 Å². The molecule has 1 N–H and O–H groups in total. The Kier molecular flexibility index (Phi) is 4.96. The lowest BCUT2D eigenvalue weighted by atomic mass is 10.2. The fraction of sp³-hybridized carbons (Fsp3) is 0.526. The number of hydrogen-bond acceptors (Lipinski definition) is 8. The number of fused-ring (bicyclic) bond motifs is 1. The Balaban J connectivity index is 1.28. The van der Waals surface area contributed by atoms with E-state index in [1.54, 1.807) is 12.1 Å². The van der Waals surface area contributed by atoms with Crippen LogP contribution in [0.4, 0.5) is 11.6 Å². The molecule has 0 radical (unpaired) electrons. The minimum atomic E-state index is -0.320. The van der Waals surface area contributed by atoms with Gasteiger partial charge in [0, 0.05) is 30.9 Å². The van der Waals surface area contributed by atoms with Gasteiger partial charge in [-0.3, -0.25) is 9.36 Å². The maximum Gasteiger partial charge on any atom is 0.237 e. The van der Waals surface area contributed by atoms with Crippen LogP contribution in [0.3, 0.4) is 0 Å². The van der Waals surface area contributed by atoms with E-state index in [1.165, 1.54) is 11.8 Å². The number of benzene rings is 1. The van der Waals surface area contributed by atoms with Gasteiger partial charge in [0.2, 0.25) is 18.6 Å². The van der Waals surface area contributed by atoms with Gasteiger partial charge in [-0.05, 0) is 31.9 Å². The molecular formula is C19H23N5O4S. The molecule has 1 atom stereocenters. The Hall–Kier alpha value is -2.46. The van der Waals surface area contributed by atoms with E-state index in [0.717, 1.165) is 37.0 Å². The number of anilines is 2. The molecule has 3 aliphatic rings. The van der Waals surface area contributed by atoms with Crippen molar-refractivity contribution in [2.75, 3.05) is 43.3 Å². The molecule has 0 spiro atoms. The first-order valence-electron chi connectivity index (χ1n) is 9.84. The van der Waals surface area contributed by atoms with E-state index in [-0.39, 0.29) is 18.0 Å². The number of amides is 1. The zero-order valence-corrected chi connectivity index (χ0v) is 17.0. The number of carbonyl (C=O) groups excluding carboxylic acids is 1. The van der Waals surface area contributed by atoms with Gasteiger partial charge in [0.05, 0.1) is 18.5 Å². The Labute approximate surface area is 172 Å². The van der Waals surface area contributed by atoms with E-state index < -0.39 is 0 Å². The van der Waals surface area contributed by atoms with Crippen LogP contribution in [0.1, 0.15) is 25.8 Å². The van der Waals surface area contributed by atoms with Gasteiger partial charge in [-0.1, -0.05) is 11.8 Å². The van der Waals surface area contributed by atoms with Crippen LogP contribution < -0.4 is 19.7 Å². The smallest absolute Gasteiger partial charge is 0.237 e. The third-order valence-electron chi connectivity index (χ3n) is 5.14. The third-order valence-corrected chi connectivity index (χ3v) is 6.20. The molecular weight excluding hydrogens is 394 g/mol. The molecule has 10 heteroatoms. The van der Waals surface area contributed by atoms with E-state index in [2.05, 4.69) is 25.0 Å². The summed E-state index contributed by atoms with van der Waals surface area (Å²) in [5, 5.41) is 12.3. The van der Waals surface area contributed by atoms with Crippen molar-refractivity contribution in [3.63, 3.8) is 0 Å². The van der Waals surface area contributed by atoms with Gasteiger partial charge in [0.1, 0.15) is 0 Å². The van der Waals surface area contributed by atoms with Gasteiger partial charge in [0.15, 0.2) is 16.7 Å². The maximum absolute atomic E-state index is 12.7. The van der Waals surface area contributed by atoms with Crippen LogP contribution in [-0.4, -0.2) is 59.0 Å². The highest BCUT2D eigenvalue weighted by Gasteiger charge is 2.33. The summed E-state index contributed by atoms with van der Waals surface area (Å²) in [6, 6.07) is 5.82. The second kappa shape index (κ2) is 7.75. The molecule has 5 rings (SSSR count). The quantitative estimate of drug-likeness (QED) is 0.716. The molecule has 1 unspecified atom stereocenters. The summed E-state index contributed by atoms with van der Waals surface area (Å²) in [5.74, 6) is 2.14. The number of rotatable bonds is 6. The Bertz CT molecular complexity index is 910. The van der Waals surface area contributed by atoms with Gasteiger partial charge >= 0.3 is 0 Å². The third kappa shape index (κ3) is 3.86. The fourth-order valence-corrected chi connectivity index (χ4v) is 4.33. The van der Waals surface area contributed by atoms with Crippen LogP contribution in [0.25, 0.3) is 0 Å². The van der Waals surface area contributed by atoms with Crippen LogP contribution >= 0.6 is 11.8 Å². The van der Waals surface area contributed by atoms with Crippen LogP contribution in [0.15, 0.2) is 23.4 Å². The van der Waals surface area contributed by atoms with Gasteiger partial charge < -0.3 is 24.4 Å². The highest BCUT2D eigenvalue weighted by Crippen LogP contribution is 2.42. The molecule has 1 aliphatic carbocycles. The molecule has 9 nitrogen and oxygen atoms in total. The van der Waals surface area contributed by atoms with Crippen molar-refractivity contribution in [2.24, 2.45) is 0 Å². The lowest BCUT2D eigenvalue weighted by molar-refractivity contribution is -0.115. The number of thioether (sulfide) groups is 1. The first-order chi connectivity index (χ1) is 14.2. The average Bonchev–Trinajstić information content (AvgIpc) is 3.32. The predicted octanol–water partition coefficient (Wildman–Crippen LogP) is 2.30. The lowest BCUT2D eigenvalue weighted by Crippen LogP contribution is -2.38. The van der Waals surface area contributed by atoms with Crippen molar-refractivity contribution in [3.8, 4) is 11.5 Å². The molecule has 1 amide bonds. The minimum absolute atomic E-state index is 0.0906. The van der Waals surface area contributed by atoms with Gasteiger partial charge in [-0.25, -0.2) is 0 Å². The normalized spacial score (nSPS) is 19.3. The van der Waals surface area contributed by atoms with Crippen molar-refractivity contribution in [1.82, 2.24) is 14.8 Å². The molecule has 29 heavy (non-hydrogen) atoms. The zero-order valence-electron chi connectivity index (χ0n) is 16.2. The van der Waals surface area contributed by atoms with Crippen molar-refractivity contribution in [1.29, 1.82) is 0 Å². The molecule has 2 aliphatic heterocycles. The summed E-state index contributed by atoms with van der Waals surface area (Å²) in [4.78, 5) is 15.0. The molecule has 1 aromatic heterocycles. The summed E-state index contributed by atoms with van der Waals surface area (Å²) in [6.45, 7) is 5.13. The van der Waals surface area contributed by atoms with E-state index in [0.29, 0.717) is 36.4 Å². The number of morpholine rings is 1. The largest absolute Gasteiger partial charge is 0.454 e. The van der Waals surface area contributed by atoms with Gasteiger partial charge in [0.25, 0.3) is 0 Å². The van der Waals surface area contributed by atoms with Crippen molar-refractivity contribution in [3.05, 3.63) is 18.2 Å². The summed E-state index contributed by atoms with van der Waals surface area (Å²) < 4.78 is 18.3. The van der Waals surface area contributed by atoms with Gasteiger partial charge in [-0.15, -0.1) is 10.2 Å². The molecule has 154 valence electrons. The van der Waals surface area contributed by atoms with Gasteiger partial charge in [-0.2, -0.15) is 0 Å². The first-order valence-corrected chi connectivity index (χ1v) is 10.7. The van der Waals surface area contributed by atoms with E-state index in [9.17, 15) is 4.79 Å². The molecule has 1 aromatic carbocycles. The molecule has 1 saturated heterocycles. The van der Waals surface area contributed by atoms with Crippen LogP contribution in [0.2, 0.25) is 0 Å². The molecule has 1 saturated carbocycles. The van der Waals surface area contributed by atoms with Crippen molar-refractivity contribution < 1.29 is 19.0 Å². The Morgan fingerprint density at radius 2 is 2.00 bits per heavy atom. The monoisotopic (exact) mass is 417 g/mol. The van der Waals surface area contributed by atoms with Crippen LogP contribution in [-0.2, 0) is 9.53 Å². The number of aromatic nitrogens is 3. The minimum Gasteiger partial charge on any atom is -0.454 e. The van der Waals surface area contributed by atoms with E-state index in [4.69, 9.17) is 14.2 Å². The van der Waals surface area contributed by atoms with E-state index >= 15 is 0 Å². The summed E-state index contributed by atoms with van der Waals surface area (Å²) in [5.41, 5.74) is 0.685. The number of carbonyl (C=O) groups is 1. The molecule has 2 fully saturated rings. The van der Waals surface area contributed by atoms with Crippen LogP contribution in [0, 0.1) is 0 Å². The van der Waals surface area contributed by atoms with Crippen molar-refractivity contribution in [2.45, 2.75) is 36.2 Å². The highest BCUT2D eigenvalue weighted by molar-refractivity contribution is 8.00. The standard InChI is InChI=1S/C19H23N5O4S/c1-12(17(25)20-13-2-5-15-16(10-13)28-11-27-15)29-19-22-21-18(24(19)14-3-4-14)23-6-8-26-9-7-23/h2,5,10,12,14H,3-4,6-9,11H2,1H3,(H,20,25). The number of hydrogen-bond donors (Lipinski definition) is 1. The Morgan fingerprint density at radius 3 is 2.79 bits per heavy atom. The lowest BCUT2D eigenvalue weighted by Gasteiger charge is -2.28. The number of nitrogens with zero attached hydrogens (tertiary/aromatic N) is 4. The number of nitrogens with one attached hydrogen (secondary N) is 1. The summed E-state index contributed by atoms with van der Waals surface area (Å²) in [6.07, 6.45) is 2.25. The second-order valence-corrected chi connectivity index (χ2v) is 8.61. The highest BCUT2D eigenvalue weighted by atomic mass is 32.2. The maximum atomic E-state index is 12.7. The molecule has 3 heterocycles. The molecule has 2 aromatic rings. The predicted molar refractivity (Wildman–Crippen MR) is 108 cm³/mol. The first kappa shape index (κ1) is 18.6. The Morgan fingerprint density at radius 1 is 1.21 bits per heavy atom. The topological polar surface area (TPSA) is 90.7 Å². The average molecular weight is 417 g/mol.